The number of likely N-dealkylation sites (tertiary alicyclic amines) is 1. The monoisotopic (exact) mass is 492 g/mol. The molecule has 9 heteroatoms. The predicted molar refractivity (Wildman–Crippen MR) is 136 cm³/mol. The summed E-state index contributed by atoms with van der Waals surface area (Å²) in [6, 6.07) is 14.3. The number of hydrogen-bond acceptors (Lipinski definition) is 7. The number of amides is 1. The SMILES string of the molecule is Cc1cc(C)n2nc(SCc3ccccc3C(=O)NCC(c3cccs3)N3CCCC3)nc2n1. The summed E-state index contributed by atoms with van der Waals surface area (Å²) in [7, 11) is 0. The van der Waals surface area contributed by atoms with Crippen molar-refractivity contribution in [3.8, 4) is 0 Å². The van der Waals surface area contributed by atoms with Gasteiger partial charge in [0.15, 0.2) is 0 Å². The van der Waals surface area contributed by atoms with Gasteiger partial charge in [-0.1, -0.05) is 36.0 Å². The van der Waals surface area contributed by atoms with Crippen LogP contribution < -0.4 is 5.32 Å². The van der Waals surface area contributed by atoms with Crippen molar-refractivity contribution in [3.05, 3.63) is 75.2 Å². The molecule has 0 aliphatic carbocycles. The van der Waals surface area contributed by atoms with Gasteiger partial charge in [-0.15, -0.1) is 16.4 Å². The van der Waals surface area contributed by atoms with E-state index in [2.05, 4.69) is 42.8 Å². The quantitative estimate of drug-likeness (QED) is 0.361. The number of aromatic nitrogens is 4. The summed E-state index contributed by atoms with van der Waals surface area (Å²) in [4.78, 5) is 26.0. The molecular formula is C25H28N6OS2. The molecule has 1 fully saturated rings. The molecular weight excluding hydrogens is 464 g/mol. The predicted octanol–water partition coefficient (Wildman–Crippen LogP) is 4.66. The van der Waals surface area contributed by atoms with Crippen LogP contribution in [0, 0.1) is 13.8 Å². The van der Waals surface area contributed by atoms with Gasteiger partial charge in [-0.2, -0.15) is 4.98 Å². The van der Waals surface area contributed by atoms with E-state index in [0.29, 0.717) is 28.8 Å². The van der Waals surface area contributed by atoms with Crippen molar-refractivity contribution in [3.63, 3.8) is 0 Å². The summed E-state index contributed by atoms with van der Waals surface area (Å²) >= 11 is 3.28. The smallest absolute Gasteiger partial charge is 0.253 e. The van der Waals surface area contributed by atoms with Gasteiger partial charge >= 0.3 is 0 Å². The number of benzene rings is 1. The average Bonchev–Trinajstić information content (AvgIpc) is 3.60. The molecule has 3 aromatic heterocycles. The van der Waals surface area contributed by atoms with Crippen LogP contribution in [0.25, 0.3) is 5.78 Å². The third-order valence-corrected chi connectivity index (χ3v) is 7.99. The first-order chi connectivity index (χ1) is 16.6. The maximum atomic E-state index is 13.2. The van der Waals surface area contributed by atoms with Gasteiger partial charge in [0, 0.05) is 34.1 Å². The fourth-order valence-electron chi connectivity index (χ4n) is 4.45. The second kappa shape index (κ2) is 10.2. The van der Waals surface area contributed by atoms with Gasteiger partial charge in [0.2, 0.25) is 5.16 Å². The number of carbonyl (C=O) groups is 1. The molecule has 0 spiro atoms. The molecule has 1 saturated heterocycles. The Hall–Kier alpha value is -2.75. The van der Waals surface area contributed by atoms with E-state index in [4.69, 9.17) is 0 Å². The van der Waals surface area contributed by atoms with Gasteiger partial charge in [-0.25, -0.2) is 9.50 Å². The molecule has 0 saturated carbocycles. The molecule has 1 aliphatic heterocycles. The molecule has 1 unspecified atom stereocenters. The topological polar surface area (TPSA) is 75.4 Å². The fraction of sp³-hybridized carbons (Fsp3) is 0.360. The molecule has 1 N–H and O–H groups in total. The maximum Gasteiger partial charge on any atom is 0.253 e. The number of thiophene rings is 1. The number of fused-ring (bicyclic) bond motifs is 1. The first-order valence-corrected chi connectivity index (χ1v) is 13.4. The normalized spacial score (nSPS) is 15.1. The van der Waals surface area contributed by atoms with Crippen LogP contribution in [0.2, 0.25) is 0 Å². The summed E-state index contributed by atoms with van der Waals surface area (Å²) in [5, 5.41) is 10.6. The Morgan fingerprint density at radius 3 is 2.76 bits per heavy atom. The van der Waals surface area contributed by atoms with Crippen molar-refractivity contribution >= 4 is 34.8 Å². The van der Waals surface area contributed by atoms with Gasteiger partial charge in [0.25, 0.3) is 11.7 Å². The van der Waals surface area contributed by atoms with E-state index >= 15 is 0 Å². The van der Waals surface area contributed by atoms with Crippen molar-refractivity contribution in [1.29, 1.82) is 0 Å². The molecule has 4 aromatic rings. The molecule has 176 valence electrons. The molecule has 34 heavy (non-hydrogen) atoms. The van der Waals surface area contributed by atoms with E-state index in [9.17, 15) is 4.79 Å². The first kappa shape index (κ1) is 23.0. The largest absolute Gasteiger partial charge is 0.350 e. The summed E-state index contributed by atoms with van der Waals surface area (Å²) in [6.45, 7) is 6.74. The van der Waals surface area contributed by atoms with E-state index in [1.807, 2.05) is 44.2 Å². The molecule has 1 aromatic carbocycles. The van der Waals surface area contributed by atoms with Gasteiger partial charge in [0.1, 0.15) is 0 Å². The number of carbonyl (C=O) groups excluding carboxylic acids is 1. The van der Waals surface area contributed by atoms with Crippen LogP contribution in [-0.2, 0) is 5.75 Å². The summed E-state index contributed by atoms with van der Waals surface area (Å²) in [5.41, 5.74) is 3.60. The van der Waals surface area contributed by atoms with Crippen LogP contribution in [0.5, 0.6) is 0 Å². The van der Waals surface area contributed by atoms with Crippen LogP contribution in [-0.4, -0.2) is 50.0 Å². The zero-order valence-electron chi connectivity index (χ0n) is 19.4. The summed E-state index contributed by atoms with van der Waals surface area (Å²) < 4.78 is 1.76. The zero-order chi connectivity index (χ0) is 23.5. The number of nitrogens with one attached hydrogen (secondary N) is 1. The van der Waals surface area contributed by atoms with Crippen LogP contribution in [0.1, 0.15) is 51.1 Å². The van der Waals surface area contributed by atoms with Crippen LogP contribution in [0.3, 0.4) is 0 Å². The molecule has 5 rings (SSSR count). The number of nitrogens with zero attached hydrogens (tertiary/aromatic N) is 5. The van der Waals surface area contributed by atoms with Crippen LogP contribution in [0.15, 0.2) is 53.0 Å². The van der Waals surface area contributed by atoms with E-state index < -0.39 is 0 Å². The highest BCUT2D eigenvalue weighted by atomic mass is 32.2. The Labute approximate surface area is 207 Å². The lowest BCUT2D eigenvalue weighted by Crippen LogP contribution is -2.36. The lowest BCUT2D eigenvalue weighted by Gasteiger charge is -2.27. The van der Waals surface area contributed by atoms with Crippen LogP contribution in [0.4, 0.5) is 0 Å². The average molecular weight is 493 g/mol. The lowest BCUT2D eigenvalue weighted by atomic mass is 10.1. The first-order valence-electron chi connectivity index (χ1n) is 11.6. The minimum atomic E-state index is -0.0342. The zero-order valence-corrected chi connectivity index (χ0v) is 21.0. The van der Waals surface area contributed by atoms with E-state index in [1.54, 1.807) is 15.9 Å². The van der Waals surface area contributed by atoms with E-state index in [0.717, 1.165) is 30.0 Å². The van der Waals surface area contributed by atoms with Crippen molar-refractivity contribution in [1.82, 2.24) is 29.8 Å². The number of hydrogen-bond donors (Lipinski definition) is 1. The number of thioether (sulfide) groups is 1. The molecule has 4 heterocycles. The second-order valence-corrected chi connectivity index (χ2v) is 10.5. The minimum absolute atomic E-state index is 0.0342. The van der Waals surface area contributed by atoms with Crippen molar-refractivity contribution in [2.24, 2.45) is 0 Å². The van der Waals surface area contributed by atoms with Gasteiger partial charge in [-0.3, -0.25) is 9.69 Å². The Bertz CT molecular complexity index is 1280. The fourth-order valence-corrected chi connectivity index (χ4v) is 6.13. The standard InChI is InChI=1S/C25H28N6OS2/c1-17-14-18(2)31-24(27-17)28-25(29-31)34-16-19-8-3-4-9-20(19)23(32)26-15-21(22-10-7-13-33-22)30-11-5-6-12-30/h3-4,7-10,13-14,21H,5-6,11-12,15-16H2,1-2H3,(H,26,32). The molecule has 1 atom stereocenters. The van der Waals surface area contributed by atoms with Crippen molar-refractivity contribution in [2.75, 3.05) is 19.6 Å². The van der Waals surface area contributed by atoms with Crippen LogP contribution >= 0.6 is 23.1 Å². The molecule has 7 nitrogen and oxygen atoms in total. The van der Waals surface area contributed by atoms with Gasteiger partial charge in [-0.05, 0) is 68.9 Å². The molecule has 1 aliphatic rings. The highest BCUT2D eigenvalue weighted by Gasteiger charge is 2.25. The Balaban J connectivity index is 1.28. The summed E-state index contributed by atoms with van der Waals surface area (Å²) in [5.74, 6) is 1.18. The highest BCUT2D eigenvalue weighted by Crippen LogP contribution is 2.28. The van der Waals surface area contributed by atoms with Crippen molar-refractivity contribution in [2.45, 2.75) is 43.6 Å². The summed E-state index contributed by atoms with van der Waals surface area (Å²) in [6.07, 6.45) is 2.45. The third-order valence-electron chi connectivity index (χ3n) is 6.13. The van der Waals surface area contributed by atoms with Crippen molar-refractivity contribution < 1.29 is 4.79 Å². The molecule has 0 radical (unpaired) electrons. The van der Waals surface area contributed by atoms with Gasteiger partial charge < -0.3 is 5.32 Å². The Morgan fingerprint density at radius 1 is 1.15 bits per heavy atom. The highest BCUT2D eigenvalue weighted by molar-refractivity contribution is 7.98. The third kappa shape index (κ3) is 5.01. The lowest BCUT2D eigenvalue weighted by molar-refractivity contribution is 0.0937. The van der Waals surface area contributed by atoms with E-state index in [-0.39, 0.29) is 11.9 Å². The van der Waals surface area contributed by atoms with E-state index in [1.165, 1.54) is 29.5 Å². The Morgan fingerprint density at radius 2 is 1.97 bits per heavy atom. The molecule has 0 bridgehead atoms. The maximum absolute atomic E-state index is 13.2. The number of rotatable bonds is 8. The van der Waals surface area contributed by atoms with Gasteiger partial charge in [0.05, 0.1) is 6.04 Å². The second-order valence-electron chi connectivity index (χ2n) is 8.58. The molecule has 1 amide bonds. The minimum Gasteiger partial charge on any atom is -0.350 e. The number of aryl methyl sites for hydroxylation is 2. The Kier molecular flexibility index (Phi) is 6.94.